The molecule has 3 aromatic rings. The summed E-state index contributed by atoms with van der Waals surface area (Å²) in [4.78, 5) is 26.6. The Kier molecular flexibility index (Phi) is 7.93. The number of ether oxygens (including phenoxy) is 2. The summed E-state index contributed by atoms with van der Waals surface area (Å²) in [6.07, 6.45) is 0.878. The first-order chi connectivity index (χ1) is 16.2. The first-order valence-electron chi connectivity index (χ1n) is 11.6. The number of hydrogen-bond donors (Lipinski definition) is 2. The van der Waals surface area contributed by atoms with Gasteiger partial charge >= 0.3 is 0 Å². The third-order valence-corrected chi connectivity index (χ3v) is 5.92. The van der Waals surface area contributed by atoms with Crippen molar-refractivity contribution in [3.8, 4) is 0 Å². The maximum atomic E-state index is 12.3. The average Bonchev–Trinajstić information content (AvgIpc) is 3.15. The van der Waals surface area contributed by atoms with Gasteiger partial charge in [-0.3, -0.25) is 14.5 Å². The Bertz CT molecular complexity index is 1100. The zero-order valence-corrected chi connectivity index (χ0v) is 19.1. The summed E-state index contributed by atoms with van der Waals surface area (Å²) in [6.45, 7) is 7.67. The van der Waals surface area contributed by atoms with Gasteiger partial charge in [-0.15, -0.1) is 0 Å². The van der Waals surface area contributed by atoms with E-state index in [2.05, 4.69) is 39.2 Å². The number of fused-ring (bicyclic) bond motifs is 3. The zero-order chi connectivity index (χ0) is 23.0. The van der Waals surface area contributed by atoms with Gasteiger partial charge in [0.25, 0.3) is 0 Å². The number of carbonyl (C=O) groups is 2. The van der Waals surface area contributed by atoms with E-state index in [-0.39, 0.29) is 25.0 Å². The minimum Gasteiger partial charge on any atom is -0.379 e. The Morgan fingerprint density at radius 1 is 1.00 bits per heavy atom. The number of morpholine rings is 1. The Balaban J connectivity index is 1.21. The van der Waals surface area contributed by atoms with Gasteiger partial charge in [0.05, 0.1) is 13.2 Å². The fraction of sp³-hybridized carbons (Fsp3) is 0.440. The molecule has 2 amide bonds. The van der Waals surface area contributed by atoms with Crippen LogP contribution in [0.1, 0.15) is 13.3 Å². The number of rotatable bonds is 10. The SMILES string of the molecule is CCn1c2ccccc2c2cc(NC(=O)COCC(=O)NCCCN3CCOCC3)ccc21. The third-order valence-electron chi connectivity index (χ3n) is 5.92. The summed E-state index contributed by atoms with van der Waals surface area (Å²) in [6, 6.07) is 14.2. The first-order valence-corrected chi connectivity index (χ1v) is 11.6. The lowest BCUT2D eigenvalue weighted by atomic mass is 10.1. The van der Waals surface area contributed by atoms with Gasteiger partial charge in [-0.1, -0.05) is 18.2 Å². The molecule has 0 bridgehead atoms. The fourth-order valence-electron chi connectivity index (χ4n) is 4.31. The van der Waals surface area contributed by atoms with Crippen LogP contribution in [-0.2, 0) is 25.6 Å². The minimum atomic E-state index is -0.284. The summed E-state index contributed by atoms with van der Waals surface area (Å²) in [5, 5.41) is 7.96. The predicted molar refractivity (Wildman–Crippen MR) is 129 cm³/mol. The van der Waals surface area contributed by atoms with E-state index < -0.39 is 0 Å². The molecule has 0 aliphatic carbocycles. The molecule has 2 aromatic carbocycles. The van der Waals surface area contributed by atoms with Crippen molar-refractivity contribution in [1.29, 1.82) is 0 Å². The minimum absolute atomic E-state index is 0.131. The number of anilines is 1. The fourth-order valence-corrected chi connectivity index (χ4v) is 4.31. The van der Waals surface area contributed by atoms with Crippen molar-refractivity contribution in [1.82, 2.24) is 14.8 Å². The summed E-state index contributed by atoms with van der Waals surface area (Å²) >= 11 is 0. The number of amides is 2. The number of carbonyl (C=O) groups excluding carboxylic acids is 2. The normalized spacial score (nSPS) is 14.6. The van der Waals surface area contributed by atoms with Crippen LogP contribution in [0.15, 0.2) is 42.5 Å². The van der Waals surface area contributed by atoms with Crippen LogP contribution in [0.3, 0.4) is 0 Å². The number of para-hydroxylation sites is 1. The molecule has 0 saturated carbocycles. The van der Waals surface area contributed by atoms with Crippen molar-refractivity contribution in [2.75, 3.05) is 57.9 Å². The van der Waals surface area contributed by atoms with Crippen LogP contribution in [0.5, 0.6) is 0 Å². The van der Waals surface area contributed by atoms with E-state index in [9.17, 15) is 9.59 Å². The zero-order valence-electron chi connectivity index (χ0n) is 19.1. The molecule has 1 saturated heterocycles. The second kappa shape index (κ2) is 11.3. The van der Waals surface area contributed by atoms with Crippen LogP contribution in [0, 0.1) is 0 Å². The maximum absolute atomic E-state index is 12.3. The highest BCUT2D eigenvalue weighted by atomic mass is 16.5. The van der Waals surface area contributed by atoms with Crippen LogP contribution in [0.25, 0.3) is 21.8 Å². The molecule has 1 aliphatic rings. The van der Waals surface area contributed by atoms with Gasteiger partial charge in [0.2, 0.25) is 11.8 Å². The van der Waals surface area contributed by atoms with Crippen LogP contribution in [0.4, 0.5) is 5.69 Å². The summed E-state index contributed by atoms with van der Waals surface area (Å²) in [7, 11) is 0. The van der Waals surface area contributed by atoms with E-state index in [4.69, 9.17) is 9.47 Å². The Morgan fingerprint density at radius 2 is 1.76 bits per heavy atom. The molecule has 8 nitrogen and oxygen atoms in total. The summed E-state index contributed by atoms with van der Waals surface area (Å²) < 4.78 is 12.9. The molecule has 1 fully saturated rings. The molecule has 0 radical (unpaired) electrons. The van der Waals surface area contributed by atoms with Crippen LogP contribution >= 0.6 is 0 Å². The number of aromatic nitrogens is 1. The molecule has 2 heterocycles. The predicted octanol–water partition coefficient (Wildman–Crippen LogP) is 2.61. The van der Waals surface area contributed by atoms with Gasteiger partial charge in [-0.05, 0) is 44.2 Å². The Labute approximate surface area is 193 Å². The van der Waals surface area contributed by atoms with E-state index in [0.29, 0.717) is 12.2 Å². The van der Waals surface area contributed by atoms with Gasteiger partial charge in [0, 0.05) is 53.7 Å². The van der Waals surface area contributed by atoms with Gasteiger partial charge in [0.1, 0.15) is 13.2 Å². The number of nitrogens with zero attached hydrogens (tertiary/aromatic N) is 2. The quantitative estimate of drug-likeness (QED) is 0.462. The topological polar surface area (TPSA) is 84.8 Å². The molecular weight excluding hydrogens is 420 g/mol. The lowest BCUT2D eigenvalue weighted by molar-refractivity contribution is -0.128. The van der Waals surface area contributed by atoms with E-state index >= 15 is 0 Å². The molecule has 2 N–H and O–H groups in total. The Morgan fingerprint density at radius 3 is 2.58 bits per heavy atom. The van der Waals surface area contributed by atoms with Gasteiger partial charge < -0.3 is 24.7 Å². The molecule has 1 aromatic heterocycles. The lowest BCUT2D eigenvalue weighted by Gasteiger charge is -2.26. The van der Waals surface area contributed by atoms with Crippen molar-refractivity contribution in [3.05, 3.63) is 42.5 Å². The van der Waals surface area contributed by atoms with Gasteiger partial charge in [-0.25, -0.2) is 0 Å². The van der Waals surface area contributed by atoms with Crippen molar-refractivity contribution in [2.24, 2.45) is 0 Å². The Hall–Kier alpha value is -2.94. The second-order valence-electron chi connectivity index (χ2n) is 8.19. The number of benzene rings is 2. The van der Waals surface area contributed by atoms with Gasteiger partial charge in [-0.2, -0.15) is 0 Å². The molecule has 1 aliphatic heterocycles. The number of hydrogen-bond acceptors (Lipinski definition) is 5. The van der Waals surface area contributed by atoms with Crippen molar-refractivity contribution in [3.63, 3.8) is 0 Å². The molecule has 176 valence electrons. The monoisotopic (exact) mass is 452 g/mol. The second-order valence-corrected chi connectivity index (χ2v) is 8.19. The maximum Gasteiger partial charge on any atom is 0.250 e. The first kappa shape index (κ1) is 23.2. The van der Waals surface area contributed by atoms with Crippen LogP contribution in [0.2, 0.25) is 0 Å². The van der Waals surface area contributed by atoms with Crippen LogP contribution < -0.4 is 10.6 Å². The third kappa shape index (κ3) is 5.90. The highest BCUT2D eigenvalue weighted by Crippen LogP contribution is 2.30. The van der Waals surface area contributed by atoms with Crippen molar-refractivity contribution < 1.29 is 19.1 Å². The summed E-state index contributed by atoms with van der Waals surface area (Å²) in [5.41, 5.74) is 3.03. The van der Waals surface area contributed by atoms with E-state index in [1.54, 1.807) is 0 Å². The highest BCUT2D eigenvalue weighted by Gasteiger charge is 2.12. The largest absolute Gasteiger partial charge is 0.379 e. The van der Waals surface area contributed by atoms with Crippen molar-refractivity contribution >= 4 is 39.3 Å². The van der Waals surface area contributed by atoms with E-state index in [0.717, 1.165) is 62.1 Å². The number of nitrogens with one attached hydrogen (secondary N) is 2. The van der Waals surface area contributed by atoms with E-state index in [1.807, 2.05) is 30.3 Å². The summed E-state index contributed by atoms with van der Waals surface area (Å²) in [5.74, 6) is -0.493. The molecule has 0 atom stereocenters. The standard InChI is InChI=1S/C25H32N4O4/c1-2-29-22-7-4-3-6-20(22)21-16-19(8-9-23(21)29)27-25(31)18-33-17-24(30)26-10-5-11-28-12-14-32-15-13-28/h3-4,6-9,16H,2,5,10-15,17-18H2,1H3,(H,26,30)(H,27,31). The van der Waals surface area contributed by atoms with E-state index in [1.165, 1.54) is 5.52 Å². The highest BCUT2D eigenvalue weighted by molar-refractivity contribution is 6.09. The molecule has 33 heavy (non-hydrogen) atoms. The number of aryl methyl sites for hydroxylation is 1. The van der Waals surface area contributed by atoms with Crippen molar-refractivity contribution in [2.45, 2.75) is 19.9 Å². The molecule has 4 rings (SSSR count). The van der Waals surface area contributed by atoms with Gasteiger partial charge in [0.15, 0.2) is 0 Å². The smallest absolute Gasteiger partial charge is 0.250 e. The molecule has 0 unspecified atom stereocenters. The molecule has 8 heteroatoms. The van der Waals surface area contributed by atoms with Crippen LogP contribution in [-0.4, -0.2) is 73.9 Å². The lowest BCUT2D eigenvalue weighted by Crippen LogP contribution is -2.38. The molecular formula is C25H32N4O4. The average molecular weight is 453 g/mol. The molecule has 0 spiro atoms.